The zero-order valence-electron chi connectivity index (χ0n) is 13.7. The monoisotopic (exact) mass is 328 g/mol. The molecule has 1 aliphatic rings. The van der Waals surface area contributed by atoms with Crippen LogP contribution in [0.25, 0.3) is 0 Å². The van der Waals surface area contributed by atoms with E-state index in [9.17, 15) is 14.3 Å². The van der Waals surface area contributed by atoms with Crippen LogP contribution in [0.3, 0.4) is 0 Å². The zero-order valence-corrected chi connectivity index (χ0v) is 13.7. The van der Waals surface area contributed by atoms with E-state index in [1.807, 2.05) is 24.3 Å². The van der Waals surface area contributed by atoms with Gasteiger partial charge in [0, 0.05) is 37.1 Å². The summed E-state index contributed by atoms with van der Waals surface area (Å²) in [5, 5.41) is 9.58. The number of aliphatic hydroxyl groups is 1. The zero-order chi connectivity index (χ0) is 17.1. The van der Waals surface area contributed by atoms with Crippen molar-refractivity contribution in [3.05, 3.63) is 59.9 Å². The molecule has 2 aromatic carbocycles. The number of nitrogens with zero attached hydrogens (tertiary/aromatic N) is 2. The summed E-state index contributed by atoms with van der Waals surface area (Å²) in [5.74, 6) is -0.460. The highest BCUT2D eigenvalue weighted by Gasteiger charge is 2.18. The Morgan fingerprint density at radius 3 is 2.25 bits per heavy atom. The van der Waals surface area contributed by atoms with Crippen molar-refractivity contribution < 1.29 is 14.3 Å². The summed E-state index contributed by atoms with van der Waals surface area (Å²) in [6.07, 6.45) is 1.34. The molecule has 1 amide bonds. The molecule has 3 rings (SSSR count). The molecule has 5 heteroatoms. The second-order valence-electron chi connectivity index (χ2n) is 6.11. The Bertz CT molecular complexity index is 692. The van der Waals surface area contributed by atoms with Gasteiger partial charge in [-0.05, 0) is 61.4 Å². The van der Waals surface area contributed by atoms with Gasteiger partial charge in [-0.2, -0.15) is 0 Å². The Balaban J connectivity index is 1.70. The second-order valence-corrected chi connectivity index (χ2v) is 6.11. The van der Waals surface area contributed by atoms with Crippen molar-refractivity contribution in [2.24, 2.45) is 0 Å². The first-order valence-electron chi connectivity index (χ1n) is 8.11. The number of carbonyl (C=O) groups excluding carboxylic acids is 1. The van der Waals surface area contributed by atoms with Gasteiger partial charge in [-0.15, -0.1) is 0 Å². The summed E-state index contributed by atoms with van der Waals surface area (Å²) < 4.78 is 13.0. The number of hydrogen-bond donors (Lipinski definition) is 1. The molecule has 0 atom stereocenters. The lowest BCUT2D eigenvalue weighted by Gasteiger charge is -2.31. The summed E-state index contributed by atoms with van der Waals surface area (Å²) in [5.41, 5.74) is 2.29. The van der Waals surface area contributed by atoms with Crippen LogP contribution in [-0.4, -0.2) is 37.3 Å². The molecule has 1 fully saturated rings. The Morgan fingerprint density at radius 1 is 1.08 bits per heavy atom. The van der Waals surface area contributed by atoms with Crippen molar-refractivity contribution in [2.45, 2.75) is 18.9 Å². The lowest BCUT2D eigenvalue weighted by molar-refractivity contribution is 0.0993. The predicted molar refractivity (Wildman–Crippen MR) is 93.0 cm³/mol. The van der Waals surface area contributed by atoms with E-state index < -0.39 is 0 Å². The molecule has 0 saturated carbocycles. The summed E-state index contributed by atoms with van der Waals surface area (Å²) >= 11 is 0. The topological polar surface area (TPSA) is 43.8 Å². The molecule has 1 saturated heterocycles. The number of benzene rings is 2. The van der Waals surface area contributed by atoms with Crippen molar-refractivity contribution in [3.8, 4) is 0 Å². The summed E-state index contributed by atoms with van der Waals surface area (Å²) in [6.45, 7) is 1.65. The minimum atomic E-state index is -0.324. The van der Waals surface area contributed by atoms with Crippen molar-refractivity contribution in [1.29, 1.82) is 0 Å². The van der Waals surface area contributed by atoms with Crippen LogP contribution in [0, 0.1) is 5.82 Å². The molecule has 0 bridgehead atoms. The van der Waals surface area contributed by atoms with Crippen LogP contribution in [0.2, 0.25) is 0 Å². The Hall–Kier alpha value is -2.40. The molecular weight excluding hydrogens is 307 g/mol. The number of rotatable bonds is 3. The highest BCUT2D eigenvalue weighted by molar-refractivity contribution is 6.05. The van der Waals surface area contributed by atoms with Crippen molar-refractivity contribution in [1.82, 2.24) is 0 Å². The molecule has 1 aliphatic heterocycles. The van der Waals surface area contributed by atoms with Crippen LogP contribution in [0.1, 0.15) is 23.2 Å². The van der Waals surface area contributed by atoms with Gasteiger partial charge in [-0.1, -0.05) is 0 Å². The summed E-state index contributed by atoms with van der Waals surface area (Å²) in [6, 6.07) is 13.3. The normalized spacial score (nSPS) is 15.4. The molecule has 24 heavy (non-hydrogen) atoms. The minimum Gasteiger partial charge on any atom is -0.393 e. The van der Waals surface area contributed by atoms with E-state index in [0.29, 0.717) is 11.3 Å². The number of hydrogen-bond acceptors (Lipinski definition) is 3. The largest absolute Gasteiger partial charge is 0.393 e. The number of piperidine rings is 1. The second kappa shape index (κ2) is 7.01. The molecule has 0 unspecified atom stereocenters. The van der Waals surface area contributed by atoms with Crippen molar-refractivity contribution in [3.63, 3.8) is 0 Å². The quantitative estimate of drug-likeness (QED) is 0.942. The number of anilines is 2. The average Bonchev–Trinajstić information content (AvgIpc) is 2.62. The number of carbonyl (C=O) groups is 1. The smallest absolute Gasteiger partial charge is 0.258 e. The molecule has 0 aliphatic carbocycles. The fourth-order valence-electron chi connectivity index (χ4n) is 2.91. The van der Waals surface area contributed by atoms with Gasteiger partial charge in [-0.25, -0.2) is 4.39 Å². The van der Waals surface area contributed by atoms with E-state index in [4.69, 9.17) is 0 Å². The van der Waals surface area contributed by atoms with Gasteiger partial charge in [0.15, 0.2) is 0 Å². The number of aliphatic hydroxyl groups excluding tert-OH is 1. The highest BCUT2D eigenvalue weighted by atomic mass is 19.1. The van der Waals surface area contributed by atoms with E-state index >= 15 is 0 Å². The Morgan fingerprint density at radius 2 is 1.67 bits per heavy atom. The van der Waals surface area contributed by atoms with Gasteiger partial charge in [0.1, 0.15) is 5.82 Å². The fraction of sp³-hybridized carbons (Fsp3) is 0.316. The first-order valence-corrected chi connectivity index (χ1v) is 8.11. The van der Waals surface area contributed by atoms with Gasteiger partial charge in [0.25, 0.3) is 5.91 Å². The van der Waals surface area contributed by atoms with E-state index in [2.05, 4.69) is 4.90 Å². The lowest BCUT2D eigenvalue weighted by Crippen LogP contribution is -2.35. The van der Waals surface area contributed by atoms with Gasteiger partial charge in [-0.3, -0.25) is 4.79 Å². The first kappa shape index (κ1) is 16.5. The third-order valence-electron chi connectivity index (χ3n) is 4.46. The predicted octanol–water partition coefficient (Wildman–Crippen LogP) is 3.06. The number of amides is 1. The maximum Gasteiger partial charge on any atom is 0.258 e. The van der Waals surface area contributed by atoms with Crippen LogP contribution >= 0.6 is 0 Å². The third kappa shape index (κ3) is 3.57. The SMILES string of the molecule is CN(C(=O)c1ccc(N2CCC(O)CC2)cc1)c1ccc(F)cc1. The molecule has 126 valence electrons. The van der Waals surface area contributed by atoms with Crippen LogP contribution in [-0.2, 0) is 0 Å². The van der Waals surface area contributed by atoms with Gasteiger partial charge in [0.05, 0.1) is 6.10 Å². The molecule has 2 aromatic rings. The molecule has 1 heterocycles. The first-order chi connectivity index (χ1) is 11.5. The van der Waals surface area contributed by atoms with Crippen LogP contribution in [0.4, 0.5) is 15.8 Å². The molecule has 4 nitrogen and oxygen atoms in total. The van der Waals surface area contributed by atoms with E-state index in [0.717, 1.165) is 31.6 Å². The highest BCUT2D eigenvalue weighted by Crippen LogP contribution is 2.22. The van der Waals surface area contributed by atoms with E-state index in [1.165, 1.54) is 17.0 Å². The Labute approximate surface area is 141 Å². The summed E-state index contributed by atoms with van der Waals surface area (Å²) in [4.78, 5) is 16.3. The van der Waals surface area contributed by atoms with Crippen LogP contribution in [0.15, 0.2) is 48.5 Å². The summed E-state index contributed by atoms with van der Waals surface area (Å²) in [7, 11) is 1.68. The van der Waals surface area contributed by atoms with E-state index in [-0.39, 0.29) is 17.8 Å². The van der Waals surface area contributed by atoms with Crippen molar-refractivity contribution >= 4 is 17.3 Å². The molecule has 1 N–H and O–H groups in total. The van der Waals surface area contributed by atoms with Gasteiger partial charge >= 0.3 is 0 Å². The number of halogens is 1. The van der Waals surface area contributed by atoms with Gasteiger partial charge in [0.2, 0.25) is 0 Å². The minimum absolute atomic E-state index is 0.137. The van der Waals surface area contributed by atoms with E-state index in [1.54, 1.807) is 19.2 Å². The average molecular weight is 328 g/mol. The Kier molecular flexibility index (Phi) is 4.81. The molecular formula is C19H21FN2O2. The lowest BCUT2D eigenvalue weighted by atomic mass is 10.1. The molecule has 0 spiro atoms. The standard InChI is InChI=1S/C19H21FN2O2/c1-21(16-8-4-15(20)5-9-16)19(24)14-2-6-17(7-3-14)22-12-10-18(23)11-13-22/h2-9,18,23H,10-13H2,1H3. The maximum atomic E-state index is 13.0. The molecule has 0 aromatic heterocycles. The maximum absolute atomic E-state index is 13.0. The van der Waals surface area contributed by atoms with Crippen LogP contribution in [0.5, 0.6) is 0 Å². The molecule has 0 radical (unpaired) electrons. The van der Waals surface area contributed by atoms with Crippen LogP contribution < -0.4 is 9.80 Å². The van der Waals surface area contributed by atoms with Gasteiger partial charge < -0.3 is 14.9 Å². The third-order valence-corrected chi connectivity index (χ3v) is 4.46. The fourth-order valence-corrected chi connectivity index (χ4v) is 2.91. The van der Waals surface area contributed by atoms with Crippen molar-refractivity contribution in [2.75, 3.05) is 29.9 Å².